The number of benzene rings is 1. The minimum absolute atomic E-state index is 0.0131. The van der Waals surface area contributed by atoms with Crippen LogP contribution in [-0.2, 0) is 4.74 Å². The van der Waals surface area contributed by atoms with Crippen molar-refractivity contribution in [1.29, 1.82) is 0 Å². The molecule has 0 amide bonds. The average molecular weight is 414 g/mol. The number of anilines is 4. The largest absolute Gasteiger partial charge is 0.462 e. The van der Waals surface area contributed by atoms with Crippen LogP contribution in [0.4, 0.5) is 28.1 Å². The van der Waals surface area contributed by atoms with Crippen LogP contribution >= 0.6 is 11.3 Å². The molecule has 0 fully saturated rings. The number of thiazole rings is 1. The van der Waals surface area contributed by atoms with Gasteiger partial charge in [0.05, 0.1) is 17.1 Å². The smallest absolute Gasteiger partial charge is 0.353 e. The van der Waals surface area contributed by atoms with E-state index in [0.29, 0.717) is 23.0 Å². The molecule has 0 spiro atoms. The van der Waals surface area contributed by atoms with Crippen LogP contribution in [0.5, 0.6) is 0 Å². The van der Waals surface area contributed by atoms with Gasteiger partial charge < -0.3 is 15.4 Å². The predicted octanol–water partition coefficient (Wildman–Crippen LogP) is 4.14. The van der Waals surface area contributed by atoms with Gasteiger partial charge in [0.2, 0.25) is 11.6 Å². The van der Waals surface area contributed by atoms with E-state index >= 15 is 0 Å². The van der Waals surface area contributed by atoms with Crippen molar-refractivity contribution in [3.8, 4) is 0 Å². The van der Waals surface area contributed by atoms with Crippen molar-refractivity contribution in [2.45, 2.75) is 13.8 Å². The van der Waals surface area contributed by atoms with E-state index in [9.17, 15) is 14.9 Å². The topological polar surface area (TPSA) is 132 Å². The summed E-state index contributed by atoms with van der Waals surface area (Å²) in [6, 6.07) is 6.39. The highest BCUT2D eigenvalue weighted by Crippen LogP contribution is 2.33. The summed E-state index contributed by atoms with van der Waals surface area (Å²) in [4.78, 5) is 35.0. The summed E-state index contributed by atoms with van der Waals surface area (Å²) in [5.74, 6) is -0.144. The fraction of sp³-hybridized carbons (Fsp3) is 0.222. The summed E-state index contributed by atoms with van der Waals surface area (Å²) in [7, 11) is 0. The van der Waals surface area contributed by atoms with Crippen molar-refractivity contribution in [2.24, 2.45) is 5.92 Å². The second kappa shape index (κ2) is 9.06. The monoisotopic (exact) mass is 414 g/mol. The fourth-order valence-electron chi connectivity index (χ4n) is 2.27. The number of carbonyl (C=O) groups is 1. The van der Waals surface area contributed by atoms with E-state index in [4.69, 9.17) is 4.74 Å². The Kier molecular flexibility index (Phi) is 6.29. The Morgan fingerprint density at radius 2 is 1.86 bits per heavy atom. The van der Waals surface area contributed by atoms with Crippen LogP contribution < -0.4 is 10.6 Å². The number of ether oxygens (including phenoxy) is 1. The molecule has 0 atom stereocenters. The molecule has 0 aliphatic rings. The molecule has 0 radical (unpaired) electrons. The number of aromatic nitrogens is 3. The van der Waals surface area contributed by atoms with E-state index in [0.717, 1.165) is 0 Å². The molecule has 0 aliphatic heterocycles. The second-order valence-electron chi connectivity index (χ2n) is 6.33. The van der Waals surface area contributed by atoms with Crippen molar-refractivity contribution in [2.75, 3.05) is 17.2 Å². The van der Waals surface area contributed by atoms with Crippen molar-refractivity contribution in [3.05, 3.63) is 57.8 Å². The highest BCUT2D eigenvalue weighted by atomic mass is 32.1. The predicted molar refractivity (Wildman–Crippen MR) is 109 cm³/mol. The minimum atomic E-state index is -0.573. The Hall–Kier alpha value is -3.60. The highest BCUT2D eigenvalue weighted by molar-refractivity contribution is 7.13. The molecule has 0 unspecified atom stereocenters. The molecule has 29 heavy (non-hydrogen) atoms. The van der Waals surface area contributed by atoms with Crippen molar-refractivity contribution < 1.29 is 14.5 Å². The van der Waals surface area contributed by atoms with E-state index in [2.05, 4.69) is 25.6 Å². The van der Waals surface area contributed by atoms with Crippen molar-refractivity contribution >= 4 is 45.4 Å². The number of carbonyl (C=O) groups excluding carboxylic acids is 1. The van der Waals surface area contributed by atoms with Gasteiger partial charge in [0.25, 0.3) is 0 Å². The summed E-state index contributed by atoms with van der Waals surface area (Å²) in [6.07, 6.45) is 2.79. The van der Waals surface area contributed by atoms with Gasteiger partial charge in [-0.25, -0.2) is 19.7 Å². The van der Waals surface area contributed by atoms with Crippen molar-refractivity contribution in [1.82, 2.24) is 15.0 Å². The summed E-state index contributed by atoms with van der Waals surface area (Å²) < 4.78 is 5.18. The van der Waals surface area contributed by atoms with Crippen molar-refractivity contribution in [3.63, 3.8) is 0 Å². The Labute approximate surface area is 170 Å². The van der Waals surface area contributed by atoms with Gasteiger partial charge in [0, 0.05) is 17.3 Å². The van der Waals surface area contributed by atoms with Crippen LogP contribution in [0.1, 0.15) is 24.2 Å². The van der Waals surface area contributed by atoms with Crippen LogP contribution in [0.3, 0.4) is 0 Å². The molecule has 11 heteroatoms. The molecule has 1 aromatic carbocycles. The molecular formula is C18H18N6O4S. The zero-order valence-corrected chi connectivity index (χ0v) is 16.5. The third-order valence-corrected chi connectivity index (χ3v) is 4.28. The van der Waals surface area contributed by atoms with Gasteiger partial charge in [-0.05, 0) is 30.2 Å². The van der Waals surface area contributed by atoms with Gasteiger partial charge in [0.15, 0.2) is 5.13 Å². The SMILES string of the molecule is CC(C)COC(=O)c1ccc(Nc2ncnc(Nc3nccs3)c2[N+](=O)[O-])cc1. The number of nitrogens with one attached hydrogen (secondary N) is 2. The molecule has 3 aromatic rings. The van der Waals surface area contributed by atoms with Crippen LogP contribution in [0.15, 0.2) is 42.2 Å². The first kappa shape index (κ1) is 20.1. The standard InChI is InChI=1S/C18H18N6O4S/c1-11(2)9-28-17(25)12-3-5-13(6-4-12)22-15-14(24(26)27)16(21-10-20-15)23-18-19-7-8-29-18/h3-8,10-11H,9H2,1-2H3,(H2,19,20,21,22,23). The van der Waals surface area contributed by atoms with Crippen LogP contribution in [-0.4, -0.2) is 32.5 Å². The molecule has 2 heterocycles. The molecule has 2 N–H and O–H groups in total. The second-order valence-corrected chi connectivity index (χ2v) is 7.23. The number of esters is 1. The zero-order chi connectivity index (χ0) is 20.8. The Balaban J connectivity index is 1.79. The molecule has 0 saturated heterocycles. The number of hydrogen-bond donors (Lipinski definition) is 2. The van der Waals surface area contributed by atoms with E-state index in [1.165, 1.54) is 17.7 Å². The Morgan fingerprint density at radius 1 is 1.17 bits per heavy atom. The summed E-state index contributed by atoms with van der Waals surface area (Å²) in [6.45, 7) is 4.24. The lowest BCUT2D eigenvalue weighted by atomic mass is 10.2. The lowest BCUT2D eigenvalue weighted by Gasteiger charge is -2.10. The van der Waals surface area contributed by atoms with Gasteiger partial charge in [-0.1, -0.05) is 13.8 Å². The van der Waals surface area contributed by atoms with E-state index in [1.54, 1.807) is 35.8 Å². The van der Waals surface area contributed by atoms with E-state index in [1.807, 2.05) is 13.8 Å². The lowest BCUT2D eigenvalue weighted by molar-refractivity contribution is -0.383. The van der Waals surface area contributed by atoms with Gasteiger partial charge in [-0.15, -0.1) is 11.3 Å². The van der Waals surface area contributed by atoms with Gasteiger partial charge >= 0.3 is 11.7 Å². The molecule has 2 aromatic heterocycles. The average Bonchev–Trinajstić information content (AvgIpc) is 3.19. The third kappa shape index (κ3) is 5.23. The molecule has 0 bridgehead atoms. The van der Waals surface area contributed by atoms with Crippen LogP contribution in [0.25, 0.3) is 0 Å². The fourth-order valence-corrected chi connectivity index (χ4v) is 2.80. The summed E-state index contributed by atoms with van der Waals surface area (Å²) in [5, 5.41) is 19.5. The molecule has 10 nitrogen and oxygen atoms in total. The Morgan fingerprint density at radius 3 is 2.45 bits per heavy atom. The number of nitrogens with zero attached hydrogens (tertiary/aromatic N) is 4. The molecule has 0 saturated carbocycles. The number of rotatable bonds is 8. The Bertz CT molecular complexity index is 992. The third-order valence-electron chi connectivity index (χ3n) is 3.59. The van der Waals surface area contributed by atoms with Gasteiger partial charge in [0.1, 0.15) is 6.33 Å². The number of hydrogen-bond acceptors (Lipinski definition) is 10. The van der Waals surface area contributed by atoms with Gasteiger partial charge in [-0.2, -0.15) is 0 Å². The summed E-state index contributed by atoms with van der Waals surface area (Å²) in [5.41, 5.74) is 0.593. The normalized spacial score (nSPS) is 10.6. The maximum Gasteiger partial charge on any atom is 0.353 e. The lowest BCUT2D eigenvalue weighted by Crippen LogP contribution is -2.10. The first-order valence-corrected chi connectivity index (χ1v) is 9.52. The van der Waals surface area contributed by atoms with E-state index < -0.39 is 10.9 Å². The molecule has 150 valence electrons. The number of nitro groups is 1. The maximum atomic E-state index is 12.0. The van der Waals surface area contributed by atoms with Crippen LogP contribution in [0.2, 0.25) is 0 Å². The highest BCUT2D eigenvalue weighted by Gasteiger charge is 2.24. The molecular weight excluding hydrogens is 396 g/mol. The molecule has 0 aliphatic carbocycles. The summed E-state index contributed by atoms with van der Waals surface area (Å²) >= 11 is 1.29. The zero-order valence-electron chi connectivity index (χ0n) is 15.7. The first-order valence-electron chi connectivity index (χ1n) is 8.64. The van der Waals surface area contributed by atoms with Crippen LogP contribution in [0, 0.1) is 16.0 Å². The first-order chi connectivity index (χ1) is 13.9. The molecule has 3 rings (SSSR count). The van der Waals surface area contributed by atoms with E-state index in [-0.39, 0.29) is 23.2 Å². The van der Waals surface area contributed by atoms with Gasteiger partial charge in [-0.3, -0.25) is 10.1 Å². The minimum Gasteiger partial charge on any atom is -0.462 e. The maximum absolute atomic E-state index is 12.0. The quantitative estimate of drug-likeness (QED) is 0.317.